The van der Waals surface area contributed by atoms with E-state index in [0.717, 1.165) is 30.7 Å². The van der Waals surface area contributed by atoms with E-state index >= 15 is 0 Å². The molecule has 0 radical (unpaired) electrons. The monoisotopic (exact) mass is 264 g/mol. The van der Waals surface area contributed by atoms with Crippen LogP contribution in [-0.4, -0.2) is 18.1 Å². The summed E-state index contributed by atoms with van der Waals surface area (Å²) >= 11 is 0. The van der Waals surface area contributed by atoms with Crippen LogP contribution in [0.4, 0.5) is 4.79 Å². The van der Waals surface area contributed by atoms with E-state index < -0.39 is 0 Å². The lowest BCUT2D eigenvalue weighted by Gasteiger charge is -2.56. The van der Waals surface area contributed by atoms with Crippen molar-refractivity contribution in [3.05, 3.63) is 0 Å². The molecular weight excluding hydrogens is 236 g/mol. The maximum atomic E-state index is 12.1. The van der Waals surface area contributed by atoms with Crippen molar-refractivity contribution in [2.45, 2.75) is 64.3 Å². The van der Waals surface area contributed by atoms with Crippen molar-refractivity contribution in [1.29, 1.82) is 0 Å². The zero-order valence-corrected chi connectivity index (χ0v) is 12.4. The highest BCUT2D eigenvalue weighted by Gasteiger charge is 2.51. The summed E-state index contributed by atoms with van der Waals surface area (Å²) in [5.41, 5.74) is 0.149. The standard InChI is InChI=1S/C16H28N2O/c1-11(2)3-4-17-15(19)18-16-8-12-5-13(9-16)7-14(6-12)10-16/h11-14H,3-10H2,1-2H3,(H2,17,18,19). The van der Waals surface area contributed by atoms with Gasteiger partial charge in [0.2, 0.25) is 0 Å². The maximum Gasteiger partial charge on any atom is 0.315 e. The van der Waals surface area contributed by atoms with Gasteiger partial charge in [-0.15, -0.1) is 0 Å². The Kier molecular flexibility index (Phi) is 3.48. The van der Waals surface area contributed by atoms with Gasteiger partial charge in [0.15, 0.2) is 0 Å². The molecule has 3 nitrogen and oxygen atoms in total. The molecule has 4 aliphatic carbocycles. The number of urea groups is 1. The molecule has 4 bridgehead atoms. The van der Waals surface area contributed by atoms with Crippen LogP contribution in [0.1, 0.15) is 58.8 Å². The Hall–Kier alpha value is -0.730. The summed E-state index contributed by atoms with van der Waals surface area (Å²) in [6.45, 7) is 5.19. The molecule has 0 aromatic heterocycles. The van der Waals surface area contributed by atoms with Crippen LogP contribution in [0.3, 0.4) is 0 Å². The molecule has 0 heterocycles. The Balaban J connectivity index is 1.53. The molecule has 0 atom stereocenters. The van der Waals surface area contributed by atoms with Gasteiger partial charge in [0, 0.05) is 12.1 Å². The summed E-state index contributed by atoms with van der Waals surface area (Å²) in [5, 5.41) is 6.39. The predicted molar refractivity (Wildman–Crippen MR) is 76.9 cm³/mol. The third-order valence-corrected chi connectivity index (χ3v) is 5.42. The molecule has 4 fully saturated rings. The highest BCUT2D eigenvalue weighted by atomic mass is 16.2. The number of nitrogens with one attached hydrogen (secondary N) is 2. The molecule has 4 aliphatic rings. The summed E-state index contributed by atoms with van der Waals surface area (Å²) in [5.74, 6) is 3.33. The van der Waals surface area contributed by atoms with Gasteiger partial charge in [0.05, 0.1) is 0 Å². The van der Waals surface area contributed by atoms with E-state index in [4.69, 9.17) is 0 Å². The van der Waals surface area contributed by atoms with Crippen molar-refractivity contribution in [3.8, 4) is 0 Å². The number of hydrogen-bond acceptors (Lipinski definition) is 1. The second-order valence-electron chi connectivity index (χ2n) is 7.76. The second kappa shape index (κ2) is 4.99. The van der Waals surface area contributed by atoms with Gasteiger partial charge in [-0.1, -0.05) is 13.8 Å². The molecular formula is C16H28N2O. The van der Waals surface area contributed by atoms with E-state index in [1.165, 1.54) is 38.5 Å². The Morgan fingerprint density at radius 1 is 1.11 bits per heavy atom. The third kappa shape index (κ3) is 2.90. The molecule has 19 heavy (non-hydrogen) atoms. The Morgan fingerprint density at radius 2 is 1.63 bits per heavy atom. The molecule has 3 heteroatoms. The highest BCUT2D eigenvalue weighted by molar-refractivity contribution is 5.74. The fourth-order valence-electron chi connectivity index (χ4n) is 5.02. The van der Waals surface area contributed by atoms with Crippen molar-refractivity contribution < 1.29 is 4.79 Å². The lowest BCUT2D eigenvalue weighted by Crippen LogP contribution is -2.61. The van der Waals surface area contributed by atoms with Crippen LogP contribution in [0.25, 0.3) is 0 Å². The SMILES string of the molecule is CC(C)CCNC(=O)NC12CC3CC(CC(C3)C1)C2. The first-order chi connectivity index (χ1) is 9.05. The predicted octanol–water partition coefficient (Wildman–Crippen LogP) is 3.30. The van der Waals surface area contributed by atoms with Crippen LogP contribution >= 0.6 is 0 Å². The number of hydrogen-bond donors (Lipinski definition) is 2. The Morgan fingerprint density at radius 3 is 2.11 bits per heavy atom. The first-order valence-electron chi connectivity index (χ1n) is 8.11. The van der Waals surface area contributed by atoms with E-state index in [0.29, 0.717) is 5.92 Å². The quantitative estimate of drug-likeness (QED) is 0.803. The minimum absolute atomic E-state index is 0.0719. The lowest BCUT2D eigenvalue weighted by atomic mass is 9.53. The van der Waals surface area contributed by atoms with Crippen LogP contribution in [0.15, 0.2) is 0 Å². The van der Waals surface area contributed by atoms with Crippen molar-refractivity contribution in [2.75, 3.05) is 6.54 Å². The first kappa shape index (κ1) is 13.3. The van der Waals surface area contributed by atoms with Crippen molar-refractivity contribution in [1.82, 2.24) is 10.6 Å². The molecule has 4 saturated carbocycles. The van der Waals surface area contributed by atoms with Gasteiger partial charge in [-0.25, -0.2) is 4.79 Å². The topological polar surface area (TPSA) is 41.1 Å². The first-order valence-corrected chi connectivity index (χ1v) is 8.11. The van der Waals surface area contributed by atoms with Gasteiger partial charge in [0.25, 0.3) is 0 Å². The van der Waals surface area contributed by atoms with Gasteiger partial charge in [-0.2, -0.15) is 0 Å². The van der Waals surface area contributed by atoms with E-state index in [2.05, 4.69) is 24.5 Å². The summed E-state index contributed by atoms with van der Waals surface area (Å²) in [4.78, 5) is 12.1. The van der Waals surface area contributed by atoms with Crippen molar-refractivity contribution >= 4 is 6.03 Å². The number of carbonyl (C=O) groups is 1. The van der Waals surface area contributed by atoms with Crippen LogP contribution < -0.4 is 10.6 Å². The highest BCUT2D eigenvalue weighted by Crippen LogP contribution is 2.55. The van der Waals surface area contributed by atoms with E-state index in [-0.39, 0.29) is 11.6 Å². The van der Waals surface area contributed by atoms with Gasteiger partial charge in [-0.05, 0) is 68.6 Å². The Bertz CT molecular complexity index is 315. The molecule has 2 amide bonds. The van der Waals surface area contributed by atoms with Gasteiger partial charge in [-0.3, -0.25) is 0 Å². The molecule has 0 aliphatic heterocycles. The molecule has 4 rings (SSSR count). The molecule has 0 saturated heterocycles. The number of carbonyl (C=O) groups excluding carboxylic acids is 1. The minimum Gasteiger partial charge on any atom is -0.338 e. The number of rotatable bonds is 4. The number of amides is 2. The van der Waals surface area contributed by atoms with Crippen LogP contribution in [-0.2, 0) is 0 Å². The van der Waals surface area contributed by atoms with Crippen molar-refractivity contribution in [3.63, 3.8) is 0 Å². The average molecular weight is 264 g/mol. The van der Waals surface area contributed by atoms with Gasteiger partial charge >= 0.3 is 6.03 Å². The molecule has 0 spiro atoms. The molecule has 108 valence electrons. The average Bonchev–Trinajstić information content (AvgIpc) is 2.25. The van der Waals surface area contributed by atoms with Crippen molar-refractivity contribution in [2.24, 2.45) is 23.7 Å². The fraction of sp³-hybridized carbons (Fsp3) is 0.938. The van der Waals surface area contributed by atoms with Crippen LogP contribution in [0, 0.1) is 23.7 Å². The molecule has 0 aromatic carbocycles. The summed E-state index contributed by atoms with van der Waals surface area (Å²) in [7, 11) is 0. The summed E-state index contributed by atoms with van der Waals surface area (Å²) < 4.78 is 0. The van der Waals surface area contributed by atoms with E-state index in [1.807, 2.05) is 0 Å². The van der Waals surface area contributed by atoms with Gasteiger partial charge < -0.3 is 10.6 Å². The minimum atomic E-state index is 0.0719. The summed E-state index contributed by atoms with van der Waals surface area (Å²) in [6.07, 6.45) is 9.04. The maximum absolute atomic E-state index is 12.1. The van der Waals surface area contributed by atoms with E-state index in [1.54, 1.807) is 0 Å². The molecule has 2 N–H and O–H groups in total. The zero-order chi connectivity index (χ0) is 13.5. The Labute approximate surface area is 116 Å². The molecule has 0 aromatic rings. The van der Waals surface area contributed by atoms with Crippen LogP contribution in [0.2, 0.25) is 0 Å². The molecule has 0 unspecified atom stereocenters. The fourth-order valence-corrected chi connectivity index (χ4v) is 5.02. The van der Waals surface area contributed by atoms with Gasteiger partial charge in [0.1, 0.15) is 0 Å². The third-order valence-electron chi connectivity index (χ3n) is 5.42. The normalized spacial score (nSPS) is 39.6. The second-order valence-corrected chi connectivity index (χ2v) is 7.76. The largest absolute Gasteiger partial charge is 0.338 e. The van der Waals surface area contributed by atoms with Crippen LogP contribution in [0.5, 0.6) is 0 Å². The lowest BCUT2D eigenvalue weighted by molar-refractivity contribution is -0.0135. The smallest absolute Gasteiger partial charge is 0.315 e. The van der Waals surface area contributed by atoms with E-state index in [9.17, 15) is 4.79 Å². The zero-order valence-electron chi connectivity index (χ0n) is 12.4. The summed E-state index contributed by atoms with van der Waals surface area (Å²) in [6, 6.07) is 0.0719.